The summed E-state index contributed by atoms with van der Waals surface area (Å²) in [5.74, 6) is 0. The molecular weight excluding hydrogens is 234 g/mol. The lowest BCUT2D eigenvalue weighted by Crippen LogP contribution is -2.34. The topological polar surface area (TPSA) is 29.9 Å². The minimum Gasteiger partial charge on any atom is -0.309 e. The first-order valence-electron chi connectivity index (χ1n) is 7.95. The lowest BCUT2D eigenvalue weighted by atomic mass is 9.78. The number of rotatable bonds is 7. The number of nitrogens with zero attached hydrogens (tertiary/aromatic N) is 2. The van der Waals surface area contributed by atoms with Gasteiger partial charge >= 0.3 is 0 Å². The first-order chi connectivity index (χ1) is 9.19. The highest BCUT2D eigenvalue weighted by molar-refractivity contribution is 5.15. The fourth-order valence-electron chi connectivity index (χ4n) is 3.41. The quantitative estimate of drug-likeness (QED) is 0.808. The predicted octanol–water partition coefficient (Wildman–Crippen LogP) is 3.91. The summed E-state index contributed by atoms with van der Waals surface area (Å²) in [7, 11) is 0. The van der Waals surface area contributed by atoms with Crippen LogP contribution < -0.4 is 5.32 Å². The van der Waals surface area contributed by atoms with Crippen LogP contribution in [0.4, 0.5) is 0 Å². The Hall–Kier alpha value is -0.830. The zero-order valence-electron chi connectivity index (χ0n) is 12.8. The van der Waals surface area contributed by atoms with Crippen molar-refractivity contribution in [1.29, 1.82) is 0 Å². The molecule has 1 aromatic heterocycles. The molecule has 1 heterocycles. The van der Waals surface area contributed by atoms with Crippen LogP contribution in [0, 0.1) is 5.41 Å². The van der Waals surface area contributed by atoms with Gasteiger partial charge in [0.15, 0.2) is 0 Å². The van der Waals surface area contributed by atoms with Crippen LogP contribution in [0.25, 0.3) is 0 Å². The molecule has 0 aliphatic heterocycles. The Morgan fingerprint density at radius 1 is 1.32 bits per heavy atom. The van der Waals surface area contributed by atoms with Gasteiger partial charge in [0, 0.05) is 24.3 Å². The van der Waals surface area contributed by atoms with Gasteiger partial charge in [-0.3, -0.25) is 4.68 Å². The maximum Gasteiger partial charge on any atom is 0.0537 e. The van der Waals surface area contributed by atoms with Crippen molar-refractivity contribution in [3.63, 3.8) is 0 Å². The van der Waals surface area contributed by atoms with E-state index in [1.807, 2.05) is 0 Å². The lowest BCUT2D eigenvalue weighted by Gasteiger charge is -2.34. The van der Waals surface area contributed by atoms with E-state index >= 15 is 0 Å². The predicted molar refractivity (Wildman–Crippen MR) is 80.1 cm³/mol. The maximum absolute atomic E-state index is 4.51. The Kier molecular flexibility index (Phi) is 5.03. The van der Waals surface area contributed by atoms with Crippen molar-refractivity contribution in [2.75, 3.05) is 6.54 Å². The highest BCUT2D eigenvalue weighted by Crippen LogP contribution is 2.47. The SMILES string of the molecule is CCCNC(c1cnn(CCC)c1)C1(C)CCCC1. The molecular formula is C16H29N3. The molecule has 0 aromatic carbocycles. The molecule has 19 heavy (non-hydrogen) atoms. The van der Waals surface area contributed by atoms with Crippen LogP contribution in [0.15, 0.2) is 12.4 Å². The van der Waals surface area contributed by atoms with Crippen LogP contribution in [-0.4, -0.2) is 16.3 Å². The molecule has 0 spiro atoms. The Bertz CT molecular complexity index is 377. The summed E-state index contributed by atoms with van der Waals surface area (Å²) in [5.41, 5.74) is 1.79. The van der Waals surface area contributed by atoms with E-state index in [9.17, 15) is 0 Å². The number of hydrogen-bond acceptors (Lipinski definition) is 2. The molecule has 3 nitrogen and oxygen atoms in total. The van der Waals surface area contributed by atoms with Crippen molar-refractivity contribution in [1.82, 2.24) is 15.1 Å². The molecule has 1 aliphatic carbocycles. The van der Waals surface area contributed by atoms with Gasteiger partial charge in [0.2, 0.25) is 0 Å². The molecule has 1 fully saturated rings. The van der Waals surface area contributed by atoms with Gasteiger partial charge in [0.1, 0.15) is 0 Å². The molecule has 1 atom stereocenters. The third kappa shape index (κ3) is 3.38. The molecule has 1 N–H and O–H groups in total. The fraction of sp³-hybridized carbons (Fsp3) is 0.812. The summed E-state index contributed by atoms with van der Waals surface area (Å²) < 4.78 is 2.09. The average molecular weight is 263 g/mol. The molecule has 2 rings (SSSR count). The Morgan fingerprint density at radius 2 is 2.05 bits per heavy atom. The van der Waals surface area contributed by atoms with Crippen LogP contribution in [0.2, 0.25) is 0 Å². The molecule has 1 aliphatic rings. The van der Waals surface area contributed by atoms with E-state index in [0.717, 1.165) is 19.5 Å². The zero-order chi connectivity index (χ0) is 13.7. The summed E-state index contributed by atoms with van der Waals surface area (Å²) in [6.45, 7) is 9.01. The summed E-state index contributed by atoms with van der Waals surface area (Å²) in [5, 5.41) is 8.28. The van der Waals surface area contributed by atoms with Gasteiger partial charge in [-0.1, -0.05) is 33.6 Å². The van der Waals surface area contributed by atoms with Gasteiger partial charge in [-0.25, -0.2) is 0 Å². The van der Waals surface area contributed by atoms with Crippen LogP contribution >= 0.6 is 0 Å². The van der Waals surface area contributed by atoms with Gasteiger partial charge in [0.05, 0.1) is 6.20 Å². The monoisotopic (exact) mass is 263 g/mol. The van der Waals surface area contributed by atoms with Crippen molar-refractivity contribution in [2.24, 2.45) is 5.41 Å². The molecule has 0 radical (unpaired) electrons. The van der Waals surface area contributed by atoms with E-state index in [4.69, 9.17) is 0 Å². The van der Waals surface area contributed by atoms with Gasteiger partial charge < -0.3 is 5.32 Å². The highest BCUT2D eigenvalue weighted by Gasteiger charge is 2.38. The molecule has 108 valence electrons. The Morgan fingerprint density at radius 3 is 2.68 bits per heavy atom. The molecule has 1 unspecified atom stereocenters. The van der Waals surface area contributed by atoms with E-state index in [-0.39, 0.29) is 0 Å². The maximum atomic E-state index is 4.51. The number of aromatic nitrogens is 2. The van der Waals surface area contributed by atoms with Crippen molar-refractivity contribution in [3.8, 4) is 0 Å². The van der Waals surface area contributed by atoms with Gasteiger partial charge in [-0.2, -0.15) is 5.10 Å². The van der Waals surface area contributed by atoms with Crippen LogP contribution in [0.5, 0.6) is 0 Å². The highest BCUT2D eigenvalue weighted by atomic mass is 15.3. The third-order valence-electron chi connectivity index (χ3n) is 4.48. The molecule has 0 saturated heterocycles. The Balaban J connectivity index is 2.15. The second-order valence-electron chi connectivity index (χ2n) is 6.29. The zero-order valence-corrected chi connectivity index (χ0v) is 12.8. The van der Waals surface area contributed by atoms with Crippen LogP contribution in [0.1, 0.15) is 70.9 Å². The Labute approximate surface area is 117 Å². The van der Waals surface area contributed by atoms with E-state index in [2.05, 4.69) is 48.3 Å². The van der Waals surface area contributed by atoms with Crippen molar-refractivity contribution in [2.45, 2.75) is 71.9 Å². The van der Waals surface area contributed by atoms with E-state index < -0.39 is 0 Å². The molecule has 0 amide bonds. The minimum atomic E-state index is 0.412. The number of aryl methyl sites for hydroxylation is 1. The summed E-state index contributed by atoms with van der Waals surface area (Å²) in [4.78, 5) is 0. The van der Waals surface area contributed by atoms with E-state index in [0.29, 0.717) is 11.5 Å². The van der Waals surface area contributed by atoms with E-state index in [1.54, 1.807) is 0 Å². The first kappa shape index (κ1) is 14.6. The van der Waals surface area contributed by atoms with Crippen molar-refractivity contribution >= 4 is 0 Å². The third-order valence-corrected chi connectivity index (χ3v) is 4.48. The van der Waals surface area contributed by atoms with Crippen molar-refractivity contribution in [3.05, 3.63) is 18.0 Å². The largest absolute Gasteiger partial charge is 0.309 e. The second-order valence-corrected chi connectivity index (χ2v) is 6.29. The number of hydrogen-bond donors (Lipinski definition) is 1. The van der Waals surface area contributed by atoms with Gasteiger partial charge in [0.25, 0.3) is 0 Å². The molecule has 0 bridgehead atoms. The molecule has 1 saturated carbocycles. The molecule has 3 heteroatoms. The second kappa shape index (κ2) is 6.56. The fourth-order valence-corrected chi connectivity index (χ4v) is 3.41. The minimum absolute atomic E-state index is 0.412. The van der Waals surface area contributed by atoms with Gasteiger partial charge in [-0.15, -0.1) is 0 Å². The summed E-state index contributed by atoms with van der Waals surface area (Å²) in [6.07, 6.45) is 12.1. The normalized spacial score (nSPS) is 19.7. The summed E-state index contributed by atoms with van der Waals surface area (Å²) in [6, 6.07) is 0.473. The van der Waals surface area contributed by atoms with Crippen LogP contribution in [-0.2, 0) is 6.54 Å². The van der Waals surface area contributed by atoms with E-state index in [1.165, 1.54) is 37.7 Å². The molecule has 1 aromatic rings. The first-order valence-corrected chi connectivity index (χ1v) is 7.95. The standard InChI is InChI=1S/C16H29N3/c1-4-10-17-15(16(3)8-6-7-9-16)14-12-18-19(13-14)11-5-2/h12-13,15,17H,4-11H2,1-3H3. The lowest BCUT2D eigenvalue weighted by molar-refractivity contribution is 0.223. The average Bonchev–Trinajstić information content (AvgIpc) is 3.01. The van der Waals surface area contributed by atoms with Crippen LogP contribution in [0.3, 0.4) is 0 Å². The van der Waals surface area contributed by atoms with Gasteiger partial charge in [-0.05, 0) is 37.6 Å². The van der Waals surface area contributed by atoms with Crippen molar-refractivity contribution < 1.29 is 0 Å². The number of nitrogens with one attached hydrogen (secondary N) is 1. The smallest absolute Gasteiger partial charge is 0.0537 e. The summed E-state index contributed by atoms with van der Waals surface area (Å²) >= 11 is 0.